The number of thiophene rings is 1. The van der Waals surface area contributed by atoms with E-state index >= 15 is 0 Å². The SMILES string of the molecule is CN(Cc1ccc(Cl)s1)CN1C(=O)C(=O)c2ccc(F)cc21. The van der Waals surface area contributed by atoms with Crippen molar-refractivity contribution in [3.63, 3.8) is 0 Å². The van der Waals surface area contributed by atoms with Gasteiger partial charge >= 0.3 is 5.91 Å². The van der Waals surface area contributed by atoms with Crippen molar-refractivity contribution in [2.24, 2.45) is 0 Å². The van der Waals surface area contributed by atoms with Crippen molar-refractivity contribution in [3.05, 3.63) is 50.9 Å². The first-order valence-corrected chi connectivity index (χ1v) is 7.73. The highest BCUT2D eigenvalue weighted by Crippen LogP contribution is 2.30. The molecule has 0 unspecified atom stereocenters. The Hall–Kier alpha value is -1.76. The van der Waals surface area contributed by atoms with Gasteiger partial charge in [-0.3, -0.25) is 19.4 Å². The zero-order valence-corrected chi connectivity index (χ0v) is 13.2. The van der Waals surface area contributed by atoms with Crippen molar-refractivity contribution in [2.75, 3.05) is 18.6 Å². The van der Waals surface area contributed by atoms with E-state index in [0.717, 1.165) is 4.88 Å². The van der Waals surface area contributed by atoms with E-state index in [4.69, 9.17) is 11.6 Å². The van der Waals surface area contributed by atoms with Gasteiger partial charge in [0.2, 0.25) is 0 Å². The van der Waals surface area contributed by atoms with Crippen LogP contribution in [0.25, 0.3) is 0 Å². The van der Waals surface area contributed by atoms with E-state index in [-0.39, 0.29) is 12.2 Å². The third kappa shape index (κ3) is 2.77. The second-order valence-corrected chi connectivity index (χ2v) is 6.88. The van der Waals surface area contributed by atoms with Crippen LogP contribution in [0.15, 0.2) is 30.3 Å². The minimum absolute atomic E-state index is 0.205. The van der Waals surface area contributed by atoms with E-state index in [2.05, 4.69) is 0 Å². The molecule has 2 aromatic rings. The number of benzene rings is 1. The number of fused-ring (bicyclic) bond motifs is 1. The Balaban J connectivity index is 1.79. The standard InChI is InChI=1S/C15H12ClFN2O2S/c1-18(7-10-3-5-13(16)22-10)8-19-12-6-9(17)2-4-11(12)14(20)15(19)21/h2-6H,7-8H2,1H3. The molecule has 0 saturated carbocycles. The average Bonchev–Trinajstić information content (AvgIpc) is 2.96. The Bertz CT molecular complexity index is 762. The van der Waals surface area contributed by atoms with Crippen LogP contribution >= 0.6 is 22.9 Å². The smallest absolute Gasteiger partial charge is 0.291 e. The largest absolute Gasteiger partial charge is 0.300 e. The molecule has 0 bridgehead atoms. The molecular weight excluding hydrogens is 327 g/mol. The summed E-state index contributed by atoms with van der Waals surface area (Å²) >= 11 is 7.35. The van der Waals surface area contributed by atoms with Crippen molar-refractivity contribution < 1.29 is 14.0 Å². The van der Waals surface area contributed by atoms with Gasteiger partial charge in [-0.05, 0) is 37.4 Å². The van der Waals surface area contributed by atoms with Gasteiger partial charge in [0, 0.05) is 11.4 Å². The van der Waals surface area contributed by atoms with Gasteiger partial charge in [0.1, 0.15) is 5.82 Å². The van der Waals surface area contributed by atoms with E-state index in [0.29, 0.717) is 16.6 Å². The molecule has 2 heterocycles. The summed E-state index contributed by atoms with van der Waals surface area (Å²) in [6, 6.07) is 7.47. The van der Waals surface area contributed by atoms with Gasteiger partial charge < -0.3 is 0 Å². The topological polar surface area (TPSA) is 40.6 Å². The summed E-state index contributed by atoms with van der Waals surface area (Å²) in [6.07, 6.45) is 0. The molecule has 0 atom stereocenters. The van der Waals surface area contributed by atoms with Crippen LogP contribution < -0.4 is 4.90 Å². The van der Waals surface area contributed by atoms with Crippen molar-refractivity contribution in [1.82, 2.24) is 4.90 Å². The van der Waals surface area contributed by atoms with Crippen LogP contribution in [0.5, 0.6) is 0 Å². The van der Waals surface area contributed by atoms with Crippen LogP contribution in [0, 0.1) is 5.82 Å². The summed E-state index contributed by atoms with van der Waals surface area (Å²) < 4.78 is 14.1. The lowest BCUT2D eigenvalue weighted by molar-refractivity contribution is -0.114. The Morgan fingerprint density at radius 3 is 2.73 bits per heavy atom. The molecule has 0 spiro atoms. The van der Waals surface area contributed by atoms with E-state index < -0.39 is 17.5 Å². The third-order valence-corrected chi connectivity index (χ3v) is 4.59. The lowest BCUT2D eigenvalue weighted by Crippen LogP contribution is -2.38. The zero-order valence-electron chi connectivity index (χ0n) is 11.7. The number of hydrogen-bond acceptors (Lipinski definition) is 4. The van der Waals surface area contributed by atoms with Gasteiger partial charge in [-0.2, -0.15) is 0 Å². The van der Waals surface area contributed by atoms with E-state index in [1.807, 2.05) is 24.1 Å². The second-order valence-electron chi connectivity index (χ2n) is 5.09. The lowest BCUT2D eigenvalue weighted by atomic mass is 10.1. The first-order chi connectivity index (χ1) is 10.5. The number of rotatable bonds is 4. The summed E-state index contributed by atoms with van der Waals surface area (Å²) in [5.74, 6) is -1.70. The van der Waals surface area contributed by atoms with Crippen LogP contribution in [-0.2, 0) is 11.3 Å². The fraction of sp³-hybridized carbons (Fsp3) is 0.200. The monoisotopic (exact) mass is 338 g/mol. The zero-order chi connectivity index (χ0) is 15.9. The van der Waals surface area contributed by atoms with Crippen molar-refractivity contribution in [1.29, 1.82) is 0 Å². The summed E-state index contributed by atoms with van der Waals surface area (Å²) in [4.78, 5) is 28.2. The van der Waals surface area contributed by atoms with Crippen molar-refractivity contribution >= 4 is 40.3 Å². The number of amides is 1. The normalized spacial score (nSPS) is 14.1. The predicted molar refractivity (Wildman–Crippen MR) is 83.9 cm³/mol. The number of halogens is 2. The highest BCUT2D eigenvalue weighted by molar-refractivity contribution is 7.16. The molecule has 7 heteroatoms. The molecule has 1 aromatic carbocycles. The Labute approximate surface area is 135 Å². The number of ketones is 1. The fourth-order valence-corrected chi connectivity index (χ4v) is 3.57. The van der Waals surface area contributed by atoms with E-state index in [9.17, 15) is 14.0 Å². The predicted octanol–water partition coefficient (Wildman–Crippen LogP) is 3.16. The quantitative estimate of drug-likeness (QED) is 0.804. The van der Waals surface area contributed by atoms with Gasteiger partial charge in [-0.25, -0.2) is 4.39 Å². The molecule has 0 N–H and O–H groups in total. The molecule has 3 rings (SSSR count). The molecule has 1 aromatic heterocycles. The maximum absolute atomic E-state index is 13.4. The van der Waals surface area contributed by atoms with Crippen molar-refractivity contribution in [2.45, 2.75) is 6.54 Å². The number of anilines is 1. The van der Waals surface area contributed by atoms with E-state index in [1.54, 1.807) is 0 Å². The summed E-state index contributed by atoms with van der Waals surface area (Å²) in [6.45, 7) is 0.788. The summed E-state index contributed by atoms with van der Waals surface area (Å²) in [5.41, 5.74) is 0.574. The van der Waals surface area contributed by atoms with Crippen molar-refractivity contribution in [3.8, 4) is 0 Å². The van der Waals surface area contributed by atoms with Crippen LogP contribution in [0.3, 0.4) is 0 Å². The molecule has 1 aliphatic rings. The molecule has 114 valence electrons. The van der Waals surface area contributed by atoms with Crippen LogP contribution in [-0.4, -0.2) is 30.3 Å². The number of Topliss-reactive ketones (excluding diaryl/α,β-unsaturated/α-hetero) is 1. The molecule has 22 heavy (non-hydrogen) atoms. The van der Waals surface area contributed by atoms with Gasteiger partial charge in [0.15, 0.2) is 0 Å². The Morgan fingerprint density at radius 1 is 1.27 bits per heavy atom. The maximum atomic E-state index is 13.4. The molecule has 0 saturated heterocycles. The third-order valence-electron chi connectivity index (χ3n) is 3.37. The molecule has 0 fully saturated rings. The molecule has 0 radical (unpaired) electrons. The van der Waals surface area contributed by atoms with Gasteiger partial charge in [0.25, 0.3) is 5.78 Å². The first kappa shape index (κ1) is 15.1. The van der Waals surface area contributed by atoms with E-state index in [1.165, 1.54) is 34.4 Å². The number of carbonyl (C=O) groups excluding carboxylic acids is 2. The summed E-state index contributed by atoms with van der Waals surface area (Å²) in [5, 5.41) is 0. The molecule has 4 nitrogen and oxygen atoms in total. The first-order valence-electron chi connectivity index (χ1n) is 6.54. The maximum Gasteiger partial charge on any atom is 0.300 e. The fourth-order valence-electron chi connectivity index (χ4n) is 2.40. The van der Waals surface area contributed by atoms with Gasteiger partial charge in [-0.1, -0.05) is 11.6 Å². The Morgan fingerprint density at radius 2 is 2.05 bits per heavy atom. The number of nitrogens with zero attached hydrogens (tertiary/aromatic N) is 2. The van der Waals surface area contributed by atoms with Crippen LogP contribution in [0.2, 0.25) is 4.34 Å². The lowest BCUT2D eigenvalue weighted by Gasteiger charge is -2.23. The molecule has 0 aliphatic carbocycles. The van der Waals surface area contributed by atoms with Crippen LogP contribution in [0.4, 0.5) is 10.1 Å². The minimum Gasteiger partial charge on any atom is -0.291 e. The molecule has 1 amide bonds. The Kier molecular flexibility index (Phi) is 3.99. The van der Waals surface area contributed by atoms with Gasteiger partial charge in [-0.15, -0.1) is 11.3 Å². The highest BCUT2D eigenvalue weighted by atomic mass is 35.5. The average molecular weight is 339 g/mol. The number of hydrogen-bond donors (Lipinski definition) is 0. The van der Waals surface area contributed by atoms with Crippen LogP contribution in [0.1, 0.15) is 15.2 Å². The molecule has 1 aliphatic heterocycles. The van der Waals surface area contributed by atoms with Gasteiger partial charge in [0.05, 0.1) is 22.3 Å². The number of carbonyl (C=O) groups is 2. The minimum atomic E-state index is -0.628. The second kappa shape index (κ2) is 5.79. The summed E-state index contributed by atoms with van der Waals surface area (Å²) in [7, 11) is 1.82. The highest BCUT2D eigenvalue weighted by Gasteiger charge is 2.36. The molecular formula is C15H12ClFN2O2S.